The van der Waals surface area contributed by atoms with Crippen LogP contribution in [0.1, 0.15) is 33.6 Å². The molecule has 1 aliphatic rings. The number of carbonyl (C=O) groups excluding carboxylic acids is 1. The minimum absolute atomic E-state index is 0.180. The maximum absolute atomic E-state index is 12.4. The quantitative estimate of drug-likeness (QED) is 0.898. The molecule has 0 aromatic carbocycles. The van der Waals surface area contributed by atoms with Crippen molar-refractivity contribution in [3.63, 3.8) is 0 Å². The number of anilines is 2. The smallest absolute Gasteiger partial charge is 0.226 e. The van der Waals surface area contributed by atoms with Gasteiger partial charge >= 0.3 is 0 Å². The van der Waals surface area contributed by atoms with E-state index >= 15 is 0 Å². The highest BCUT2D eigenvalue weighted by molar-refractivity contribution is 5.82. The van der Waals surface area contributed by atoms with Crippen molar-refractivity contribution >= 4 is 17.5 Å². The zero-order valence-corrected chi connectivity index (χ0v) is 15.0. The number of nitrogens with one attached hydrogen (secondary N) is 1. The molecule has 1 N–H and O–H groups in total. The van der Waals surface area contributed by atoms with Crippen LogP contribution < -0.4 is 15.1 Å². The van der Waals surface area contributed by atoms with Gasteiger partial charge in [-0.3, -0.25) is 4.79 Å². The van der Waals surface area contributed by atoms with E-state index in [4.69, 9.17) is 0 Å². The van der Waals surface area contributed by atoms with Crippen LogP contribution in [0.4, 0.5) is 11.6 Å². The van der Waals surface area contributed by atoms with Gasteiger partial charge in [-0.15, -0.1) is 10.2 Å². The Hall–Kier alpha value is -1.85. The van der Waals surface area contributed by atoms with Crippen molar-refractivity contribution in [2.45, 2.75) is 33.6 Å². The van der Waals surface area contributed by atoms with Gasteiger partial charge in [0.05, 0.1) is 0 Å². The molecular formula is C17H29N5O. The van der Waals surface area contributed by atoms with Crippen molar-refractivity contribution in [1.29, 1.82) is 0 Å². The molecule has 6 nitrogen and oxygen atoms in total. The van der Waals surface area contributed by atoms with Gasteiger partial charge in [0.15, 0.2) is 11.6 Å². The summed E-state index contributed by atoms with van der Waals surface area (Å²) < 4.78 is 0. The van der Waals surface area contributed by atoms with Crippen LogP contribution in [-0.2, 0) is 4.79 Å². The van der Waals surface area contributed by atoms with E-state index < -0.39 is 0 Å². The number of carbonyl (C=O) groups is 1. The summed E-state index contributed by atoms with van der Waals surface area (Å²) >= 11 is 0. The lowest BCUT2D eigenvalue weighted by Gasteiger charge is -2.38. The third kappa shape index (κ3) is 4.33. The number of piperidine rings is 1. The first kappa shape index (κ1) is 17.5. The summed E-state index contributed by atoms with van der Waals surface area (Å²) in [6.45, 7) is 8.71. The molecular weight excluding hydrogens is 290 g/mol. The third-order valence-electron chi connectivity index (χ3n) is 4.50. The van der Waals surface area contributed by atoms with E-state index in [-0.39, 0.29) is 11.3 Å². The second-order valence-corrected chi connectivity index (χ2v) is 7.30. The van der Waals surface area contributed by atoms with Crippen LogP contribution in [0.2, 0.25) is 0 Å². The van der Waals surface area contributed by atoms with Crippen molar-refractivity contribution in [2.24, 2.45) is 11.3 Å². The Morgan fingerprint density at radius 2 is 1.96 bits per heavy atom. The molecule has 0 aliphatic carbocycles. The molecule has 0 atom stereocenters. The van der Waals surface area contributed by atoms with Crippen molar-refractivity contribution in [2.75, 3.05) is 43.5 Å². The molecule has 128 valence electrons. The van der Waals surface area contributed by atoms with Gasteiger partial charge < -0.3 is 15.1 Å². The van der Waals surface area contributed by atoms with Gasteiger partial charge in [-0.2, -0.15) is 0 Å². The molecule has 23 heavy (non-hydrogen) atoms. The number of nitrogens with zero attached hydrogens (tertiary/aromatic N) is 4. The standard InChI is InChI=1S/C17H29N5O/c1-13(2)12-18-16(23)17(3)8-10-22(11-9-17)15-7-6-14(19-20-15)21(4)5/h6-7,13H,8-12H2,1-5H3,(H,18,23). The summed E-state index contributed by atoms with van der Waals surface area (Å²) in [4.78, 5) is 16.6. The van der Waals surface area contributed by atoms with Crippen molar-refractivity contribution < 1.29 is 4.79 Å². The number of amides is 1. The Morgan fingerprint density at radius 1 is 1.30 bits per heavy atom. The molecule has 1 saturated heterocycles. The third-order valence-corrected chi connectivity index (χ3v) is 4.50. The van der Waals surface area contributed by atoms with Crippen molar-refractivity contribution in [3.05, 3.63) is 12.1 Å². The minimum atomic E-state index is -0.275. The number of hydrogen-bond donors (Lipinski definition) is 1. The van der Waals surface area contributed by atoms with Crippen LogP contribution in [-0.4, -0.2) is 49.8 Å². The fourth-order valence-electron chi connectivity index (χ4n) is 2.69. The van der Waals surface area contributed by atoms with Crippen LogP contribution in [0.25, 0.3) is 0 Å². The van der Waals surface area contributed by atoms with E-state index in [1.165, 1.54) is 0 Å². The summed E-state index contributed by atoms with van der Waals surface area (Å²) in [7, 11) is 3.90. The highest BCUT2D eigenvalue weighted by atomic mass is 16.2. The van der Waals surface area contributed by atoms with Gasteiger partial charge in [-0.05, 0) is 30.9 Å². The highest BCUT2D eigenvalue weighted by Gasteiger charge is 2.37. The van der Waals surface area contributed by atoms with Crippen LogP contribution in [0.3, 0.4) is 0 Å². The van der Waals surface area contributed by atoms with Crippen molar-refractivity contribution in [3.8, 4) is 0 Å². The Balaban J connectivity index is 1.93. The van der Waals surface area contributed by atoms with E-state index in [1.54, 1.807) is 0 Å². The Labute approximate surface area is 139 Å². The lowest BCUT2D eigenvalue weighted by Crippen LogP contribution is -2.48. The first-order chi connectivity index (χ1) is 10.8. The summed E-state index contributed by atoms with van der Waals surface area (Å²) in [5, 5.41) is 11.6. The van der Waals surface area contributed by atoms with Gasteiger partial charge in [-0.25, -0.2) is 0 Å². The molecule has 1 amide bonds. The molecule has 6 heteroatoms. The maximum atomic E-state index is 12.4. The predicted molar refractivity (Wildman–Crippen MR) is 93.8 cm³/mol. The molecule has 0 spiro atoms. The zero-order valence-electron chi connectivity index (χ0n) is 15.0. The molecule has 1 aromatic heterocycles. The normalized spacial score (nSPS) is 17.2. The molecule has 0 unspecified atom stereocenters. The lowest BCUT2D eigenvalue weighted by atomic mass is 9.79. The Morgan fingerprint density at radius 3 is 2.43 bits per heavy atom. The summed E-state index contributed by atoms with van der Waals surface area (Å²) in [5.41, 5.74) is -0.275. The van der Waals surface area contributed by atoms with E-state index in [0.717, 1.165) is 44.1 Å². The van der Waals surface area contributed by atoms with Crippen LogP contribution >= 0.6 is 0 Å². The van der Waals surface area contributed by atoms with E-state index in [2.05, 4.69) is 41.2 Å². The van der Waals surface area contributed by atoms with E-state index in [1.807, 2.05) is 31.1 Å². The average Bonchev–Trinajstić information content (AvgIpc) is 2.53. The molecule has 0 saturated carbocycles. The van der Waals surface area contributed by atoms with Crippen LogP contribution in [0.15, 0.2) is 12.1 Å². The van der Waals surface area contributed by atoms with Crippen LogP contribution in [0, 0.1) is 11.3 Å². The molecule has 1 aromatic rings. The maximum Gasteiger partial charge on any atom is 0.226 e. The number of hydrogen-bond acceptors (Lipinski definition) is 5. The van der Waals surface area contributed by atoms with Crippen LogP contribution in [0.5, 0.6) is 0 Å². The predicted octanol–water partition coefficient (Wildman–Crippen LogP) is 1.92. The van der Waals surface area contributed by atoms with Gasteiger partial charge in [0.1, 0.15) is 0 Å². The topological polar surface area (TPSA) is 61.4 Å². The fourth-order valence-corrected chi connectivity index (χ4v) is 2.69. The second-order valence-electron chi connectivity index (χ2n) is 7.30. The average molecular weight is 319 g/mol. The highest BCUT2D eigenvalue weighted by Crippen LogP contribution is 2.32. The summed E-state index contributed by atoms with van der Waals surface area (Å²) in [6, 6.07) is 3.98. The van der Waals surface area contributed by atoms with Gasteiger partial charge in [-0.1, -0.05) is 20.8 Å². The molecule has 0 radical (unpaired) electrons. The minimum Gasteiger partial charge on any atom is -0.361 e. The lowest BCUT2D eigenvalue weighted by molar-refractivity contribution is -0.131. The van der Waals surface area contributed by atoms with Gasteiger partial charge in [0.25, 0.3) is 0 Å². The monoisotopic (exact) mass is 319 g/mol. The van der Waals surface area contributed by atoms with Gasteiger partial charge in [0.2, 0.25) is 5.91 Å². The summed E-state index contributed by atoms with van der Waals surface area (Å²) in [6.07, 6.45) is 1.68. The van der Waals surface area contributed by atoms with Crippen molar-refractivity contribution in [1.82, 2.24) is 15.5 Å². The molecule has 1 fully saturated rings. The first-order valence-corrected chi connectivity index (χ1v) is 8.36. The Bertz CT molecular complexity index is 518. The number of rotatable bonds is 5. The number of aromatic nitrogens is 2. The van der Waals surface area contributed by atoms with E-state index in [9.17, 15) is 4.79 Å². The SMILES string of the molecule is CC(C)CNC(=O)C1(C)CCN(c2ccc(N(C)C)nn2)CC1. The molecule has 0 bridgehead atoms. The van der Waals surface area contributed by atoms with Gasteiger partial charge in [0, 0.05) is 39.1 Å². The molecule has 2 heterocycles. The molecule has 1 aliphatic heterocycles. The summed E-state index contributed by atoms with van der Waals surface area (Å²) in [5.74, 6) is 2.40. The largest absolute Gasteiger partial charge is 0.361 e. The first-order valence-electron chi connectivity index (χ1n) is 8.36. The van der Waals surface area contributed by atoms with E-state index in [0.29, 0.717) is 5.92 Å². The zero-order chi connectivity index (χ0) is 17.0. The fraction of sp³-hybridized carbons (Fsp3) is 0.706. The second kappa shape index (κ2) is 7.15. The Kier molecular flexibility index (Phi) is 5.44. The molecule has 2 rings (SSSR count).